The maximum atomic E-state index is 12.8. The van der Waals surface area contributed by atoms with Crippen LogP contribution in [0.2, 0.25) is 0 Å². The molecule has 2 N–H and O–H groups in total. The highest BCUT2D eigenvalue weighted by Crippen LogP contribution is 2.23. The van der Waals surface area contributed by atoms with E-state index in [1.54, 1.807) is 6.07 Å². The van der Waals surface area contributed by atoms with Gasteiger partial charge in [0.2, 0.25) is 0 Å². The SMILES string of the molecule is O=C(Nc1ccc(F)cn1)c1ccc2c(c1)CCCN2. The molecule has 2 heterocycles. The van der Waals surface area contributed by atoms with Crippen molar-refractivity contribution in [2.75, 3.05) is 17.2 Å². The summed E-state index contributed by atoms with van der Waals surface area (Å²) in [6.07, 6.45) is 3.11. The van der Waals surface area contributed by atoms with Gasteiger partial charge in [-0.1, -0.05) is 0 Å². The first-order valence-electron chi connectivity index (χ1n) is 6.52. The van der Waals surface area contributed by atoms with Gasteiger partial charge in [0.1, 0.15) is 11.6 Å². The third-order valence-corrected chi connectivity index (χ3v) is 3.27. The summed E-state index contributed by atoms with van der Waals surface area (Å²) in [5, 5.41) is 5.95. The zero-order chi connectivity index (χ0) is 13.9. The lowest BCUT2D eigenvalue weighted by atomic mass is 10.0. The first-order valence-corrected chi connectivity index (χ1v) is 6.52. The summed E-state index contributed by atoms with van der Waals surface area (Å²) in [4.78, 5) is 15.9. The van der Waals surface area contributed by atoms with Crippen LogP contribution < -0.4 is 10.6 Å². The second kappa shape index (κ2) is 5.28. The van der Waals surface area contributed by atoms with E-state index in [0.717, 1.165) is 36.8 Å². The quantitative estimate of drug-likeness (QED) is 0.883. The number of carbonyl (C=O) groups is 1. The second-order valence-electron chi connectivity index (χ2n) is 4.72. The molecule has 0 aliphatic carbocycles. The largest absolute Gasteiger partial charge is 0.385 e. The first kappa shape index (κ1) is 12.6. The average molecular weight is 271 g/mol. The van der Waals surface area contributed by atoms with Gasteiger partial charge in [0.05, 0.1) is 6.20 Å². The van der Waals surface area contributed by atoms with Crippen LogP contribution in [0.1, 0.15) is 22.3 Å². The van der Waals surface area contributed by atoms with Crippen molar-refractivity contribution in [3.8, 4) is 0 Å². The zero-order valence-corrected chi connectivity index (χ0v) is 10.8. The second-order valence-corrected chi connectivity index (χ2v) is 4.72. The van der Waals surface area contributed by atoms with Crippen molar-refractivity contribution >= 4 is 17.4 Å². The fourth-order valence-electron chi connectivity index (χ4n) is 2.25. The molecule has 0 saturated heterocycles. The number of hydrogen-bond donors (Lipinski definition) is 2. The van der Waals surface area contributed by atoms with Crippen molar-refractivity contribution in [3.05, 3.63) is 53.5 Å². The highest BCUT2D eigenvalue weighted by molar-refractivity contribution is 6.04. The number of pyridine rings is 1. The number of anilines is 2. The van der Waals surface area contributed by atoms with E-state index < -0.39 is 5.82 Å². The molecule has 0 atom stereocenters. The predicted octanol–water partition coefficient (Wildman–Crippen LogP) is 2.83. The maximum absolute atomic E-state index is 12.8. The molecule has 4 nitrogen and oxygen atoms in total. The van der Waals surface area contributed by atoms with Gasteiger partial charge < -0.3 is 10.6 Å². The van der Waals surface area contributed by atoms with Crippen LogP contribution in [-0.4, -0.2) is 17.4 Å². The summed E-state index contributed by atoms with van der Waals surface area (Å²) >= 11 is 0. The standard InChI is InChI=1S/C15H14FN3O/c16-12-4-6-14(18-9-12)19-15(20)11-3-5-13-10(8-11)2-1-7-17-13/h3-6,8-9,17H,1-2,7H2,(H,18,19,20). The molecule has 0 spiro atoms. The predicted molar refractivity (Wildman–Crippen MR) is 75.4 cm³/mol. The van der Waals surface area contributed by atoms with E-state index in [-0.39, 0.29) is 5.91 Å². The smallest absolute Gasteiger partial charge is 0.256 e. The van der Waals surface area contributed by atoms with Crippen molar-refractivity contribution in [2.45, 2.75) is 12.8 Å². The van der Waals surface area contributed by atoms with E-state index in [9.17, 15) is 9.18 Å². The molecule has 1 aromatic carbocycles. The number of benzene rings is 1. The lowest BCUT2D eigenvalue weighted by Gasteiger charge is -2.18. The zero-order valence-electron chi connectivity index (χ0n) is 10.8. The molecule has 0 unspecified atom stereocenters. The van der Waals surface area contributed by atoms with E-state index in [0.29, 0.717) is 11.4 Å². The molecular formula is C15H14FN3O. The summed E-state index contributed by atoms with van der Waals surface area (Å²) in [5.74, 6) is -0.326. The van der Waals surface area contributed by atoms with Crippen molar-refractivity contribution in [3.63, 3.8) is 0 Å². The molecule has 1 amide bonds. The Morgan fingerprint density at radius 3 is 3.00 bits per heavy atom. The minimum atomic E-state index is -0.428. The highest BCUT2D eigenvalue weighted by Gasteiger charge is 2.12. The molecule has 1 aromatic heterocycles. The van der Waals surface area contributed by atoms with Crippen molar-refractivity contribution < 1.29 is 9.18 Å². The molecule has 0 bridgehead atoms. The van der Waals surface area contributed by atoms with Crippen LogP contribution in [-0.2, 0) is 6.42 Å². The maximum Gasteiger partial charge on any atom is 0.256 e. The Morgan fingerprint density at radius 1 is 1.30 bits per heavy atom. The lowest BCUT2D eigenvalue weighted by molar-refractivity contribution is 0.102. The summed E-state index contributed by atoms with van der Waals surface area (Å²) in [6, 6.07) is 8.28. The fourth-order valence-corrected chi connectivity index (χ4v) is 2.25. The first-order chi connectivity index (χ1) is 9.72. The van der Waals surface area contributed by atoms with Gasteiger partial charge in [-0.25, -0.2) is 9.37 Å². The number of rotatable bonds is 2. The third kappa shape index (κ3) is 2.61. The number of aromatic nitrogens is 1. The molecule has 102 valence electrons. The van der Waals surface area contributed by atoms with E-state index >= 15 is 0 Å². The van der Waals surface area contributed by atoms with E-state index in [2.05, 4.69) is 15.6 Å². The minimum absolute atomic E-state index is 0.238. The van der Waals surface area contributed by atoms with Gasteiger partial charge in [0.15, 0.2) is 0 Å². The number of amides is 1. The monoisotopic (exact) mass is 271 g/mol. The van der Waals surface area contributed by atoms with E-state index in [1.165, 1.54) is 12.1 Å². The average Bonchev–Trinajstić information content (AvgIpc) is 2.49. The number of hydrogen-bond acceptors (Lipinski definition) is 3. The van der Waals surface area contributed by atoms with Crippen LogP contribution in [0.4, 0.5) is 15.9 Å². The van der Waals surface area contributed by atoms with Crippen LogP contribution in [0.3, 0.4) is 0 Å². The number of nitrogens with one attached hydrogen (secondary N) is 2. The Morgan fingerprint density at radius 2 is 2.20 bits per heavy atom. The number of fused-ring (bicyclic) bond motifs is 1. The molecule has 1 aliphatic heterocycles. The van der Waals surface area contributed by atoms with Crippen LogP contribution in [0, 0.1) is 5.82 Å². The van der Waals surface area contributed by atoms with Gasteiger partial charge in [-0.05, 0) is 48.7 Å². The molecular weight excluding hydrogens is 257 g/mol. The number of halogens is 1. The van der Waals surface area contributed by atoms with Gasteiger partial charge in [0.25, 0.3) is 5.91 Å². The number of carbonyl (C=O) groups excluding carboxylic acids is 1. The van der Waals surface area contributed by atoms with Crippen molar-refractivity contribution in [1.82, 2.24) is 4.98 Å². The van der Waals surface area contributed by atoms with Gasteiger partial charge in [0, 0.05) is 17.8 Å². The molecule has 0 saturated carbocycles. The third-order valence-electron chi connectivity index (χ3n) is 3.27. The van der Waals surface area contributed by atoms with E-state index in [4.69, 9.17) is 0 Å². The molecule has 1 aliphatic rings. The van der Waals surface area contributed by atoms with Crippen LogP contribution >= 0.6 is 0 Å². The molecule has 20 heavy (non-hydrogen) atoms. The van der Waals surface area contributed by atoms with Gasteiger partial charge in [-0.3, -0.25) is 4.79 Å². The Bertz CT molecular complexity index is 640. The number of aryl methyl sites for hydroxylation is 1. The number of nitrogens with zero attached hydrogens (tertiary/aromatic N) is 1. The lowest BCUT2D eigenvalue weighted by Crippen LogP contribution is -2.16. The molecule has 0 fully saturated rings. The highest BCUT2D eigenvalue weighted by atomic mass is 19.1. The van der Waals surface area contributed by atoms with Crippen LogP contribution in [0.25, 0.3) is 0 Å². The van der Waals surface area contributed by atoms with Crippen molar-refractivity contribution in [2.24, 2.45) is 0 Å². The Kier molecular flexibility index (Phi) is 3.33. The fraction of sp³-hybridized carbons (Fsp3) is 0.200. The van der Waals surface area contributed by atoms with Gasteiger partial charge in [-0.2, -0.15) is 0 Å². The minimum Gasteiger partial charge on any atom is -0.385 e. The molecule has 0 radical (unpaired) electrons. The van der Waals surface area contributed by atoms with Crippen LogP contribution in [0.5, 0.6) is 0 Å². The Labute approximate surface area is 116 Å². The summed E-state index contributed by atoms with van der Waals surface area (Å²) < 4.78 is 12.8. The van der Waals surface area contributed by atoms with Crippen molar-refractivity contribution in [1.29, 1.82) is 0 Å². The Hall–Kier alpha value is -2.43. The van der Waals surface area contributed by atoms with E-state index in [1.807, 2.05) is 12.1 Å². The summed E-state index contributed by atoms with van der Waals surface area (Å²) in [6.45, 7) is 0.970. The van der Waals surface area contributed by atoms with Gasteiger partial charge >= 0.3 is 0 Å². The normalized spacial score (nSPS) is 13.2. The molecule has 2 aromatic rings. The van der Waals surface area contributed by atoms with Crippen LogP contribution in [0.15, 0.2) is 36.5 Å². The molecule has 5 heteroatoms. The topological polar surface area (TPSA) is 54.0 Å². The molecule has 3 rings (SSSR count). The summed E-state index contributed by atoms with van der Waals surface area (Å²) in [7, 11) is 0. The Balaban J connectivity index is 1.78. The van der Waals surface area contributed by atoms with Gasteiger partial charge in [-0.15, -0.1) is 0 Å². The summed E-state index contributed by atoms with van der Waals surface area (Å²) in [5.41, 5.74) is 2.82.